The molecule has 0 radical (unpaired) electrons. The van der Waals surface area contributed by atoms with Crippen LogP contribution in [0.25, 0.3) is 0 Å². The maximum Gasteiger partial charge on any atom is 0.334 e. The largest absolute Gasteiger partial charge is 0.455 e. The van der Waals surface area contributed by atoms with Crippen LogP contribution in [0, 0.1) is 0 Å². The third-order valence-corrected chi connectivity index (χ3v) is 10.2. The van der Waals surface area contributed by atoms with Crippen LogP contribution in [0.4, 0.5) is 0 Å². The predicted octanol–water partition coefficient (Wildman–Crippen LogP) is 10.6. The first kappa shape index (κ1) is 35.2. The number of cyclic esters (lactones) is 1. The van der Waals surface area contributed by atoms with E-state index < -0.39 is 0 Å². The Balaban J connectivity index is 1.14. The summed E-state index contributed by atoms with van der Waals surface area (Å²) in [6.07, 6.45) is 30.9. The third kappa shape index (κ3) is 13.9. The van der Waals surface area contributed by atoms with Gasteiger partial charge in [0.2, 0.25) is 0 Å². The van der Waals surface area contributed by atoms with E-state index in [-0.39, 0.29) is 41.1 Å². The molecule has 0 aliphatic carbocycles. The van der Waals surface area contributed by atoms with E-state index in [2.05, 4.69) is 6.92 Å². The minimum absolute atomic E-state index is 0.00384. The second-order valence-electron chi connectivity index (χ2n) is 13.1. The molecule has 3 unspecified atom stereocenters. The van der Waals surface area contributed by atoms with Crippen LogP contribution in [-0.4, -0.2) is 47.2 Å². The Morgan fingerprint density at radius 3 is 2.00 bits per heavy atom. The van der Waals surface area contributed by atoms with Gasteiger partial charge in [0.25, 0.3) is 0 Å². The van der Waals surface area contributed by atoms with Gasteiger partial charge in [0, 0.05) is 11.0 Å². The lowest BCUT2D eigenvalue weighted by atomic mass is 10.0. The number of carbonyl (C=O) groups is 1. The summed E-state index contributed by atoms with van der Waals surface area (Å²) in [5.74, 6) is -0.199. The molecule has 0 aromatic rings. The fourth-order valence-electron chi connectivity index (χ4n) is 6.85. The number of alkyl halides is 2. The van der Waals surface area contributed by atoms with Crippen molar-refractivity contribution < 1.29 is 19.0 Å². The molecule has 0 saturated carbocycles. The van der Waals surface area contributed by atoms with Crippen LogP contribution in [-0.2, 0) is 19.0 Å². The van der Waals surface area contributed by atoms with Crippen molar-refractivity contribution in [1.82, 2.24) is 0 Å². The smallest absolute Gasteiger partial charge is 0.334 e. The highest BCUT2D eigenvalue weighted by atomic mass is 35.5. The highest BCUT2D eigenvalue weighted by Crippen LogP contribution is 2.35. The highest BCUT2D eigenvalue weighted by molar-refractivity contribution is 6.21. The molecular formula is C35H60Cl2O4. The van der Waals surface area contributed by atoms with E-state index in [0.717, 1.165) is 63.4 Å². The van der Waals surface area contributed by atoms with Crippen LogP contribution in [0.1, 0.15) is 162 Å². The maximum atomic E-state index is 11.8. The molecule has 238 valence electrons. The lowest BCUT2D eigenvalue weighted by molar-refractivity contribution is -0.139. The van der Waals surface area contributed by atoms with Crippen molar-refractivity contribution in [1.29, 1.82) is 0 Å². The molecule has 3 aliphatic heterocycles. The van der Waals surface area contributed by atoms with Gasteiger partial charge in [-0.3, -0.25) is 0 Å². The van der Waals surface area contributed by atoms with Gasteiger partial charge in [0.15, 0.2) is 0 Å². The van der Waals surface area contributed by atoms with Crippen LogP contribution in [0.2, 0.25) is 0 Å². The predicted molar refractivity (Wildman–Crippen MR) is 172 cm³/mol. The number of ether oxygens (including phenoxy) is 3. The number of esters is 1. The molecule has 0 spiro atoms. The summed E-state index contributed by atoms with van der Waals surface area (Å²) in [6, 6.07) is 0. The molecule has 0 N–H and O–H groups in total. The van der Waals surface area contributed by atoms with Gasteiger partial charge in [0.1, 0.15) is 6.10 Å². The third-order valence-electron chi connectivity index (χ3n) is 9.35. The Labute approximate surface area is 262 Å². The molecule has 6 heteroatoms. The Morgan fingerprint density at radius 2 is 1.34 bits per heavy atom. The van der Waals surface area contributed by atoms with E-state index in [0.29, 0.717) is 12.5 Å². The van der Waals surface area contributed by atoms with Gasteiger partial charge in [-0.05, 0) is 64.4 Å². The number of hydrogen-bond donors (Lipinski definition) is 0. The van der Waals surface area contributed by atoms with Gasteiger partial charge in [-0.25, -0.2) is 4.79 Å². The normalized spacial score (nSPS) is 27.8. The van der Waals surface area contributed by atoms with Crippen LogP contribution in [0.15, 0.2) is 11.6 Å². The first-order valence-corrected chi connectivity index (χ1v) is 18.3. The first-order chi connectivity index (χ1) is 20.0. The van der Waals surface area contributed by atoms with Gasteiger partial charge >= 0.3 is 5.97 Å². The van der Waals surface area contributed by atoms with Crippen molar-refractivity contribution in [2.24, 2.45) is 0 Å². The molecule has 3 heterocycles. The molecule has 2 saturated heterocycles. The van der Waals surface area contributed by atoms with E-state index in [9.17, 15) is 4.79 Å². The molecule has 0 bridgehead atoms. The quantitative estimate of drug-likeness (QED) is 0.0652. The average Bonchev–Trinajstić information content (AvgIpc) is 3.69. The van der Waals surface area contributed by atoms with E-state index in [4.69, 9.17) is 37.4 Å². The number of unbranched alkanes of at least 4 members (excludes halogenated alkanes) is 13. The first-order valence-electron chi connectivity index (χ1n) is 17.5. The molecule has 7 atom stereocenters. The summed E-state index contributed by atoms with van der Waals surface area (Å²) >= 11 is 13.3. The summed E-state index contributed by atoms with van der Waals surface area (Å²) in [5, 5.41) is 0.147. The van der Waals surface area contributed by atoms with E-state index >= 15 is 0 Å². The Kier molecular flexibility index (Phi) is 17.7. The Morgan fingerprint density at radius 1 is 0.756 bits per heavy atom. The van der Waals surface area contributed by atoms with Crippen molar-refractivity contribution >= 4 is 29.2 Å². The number of carbonyl (C=O) groups excluding carboxylic acids is 1. The van der Waals surface area contributed by atoms with Crippen molar-refractivity contribution in [3.05, 3.63) is 11.6 Å². The molecule has 0 aromatic carbocycles. The Hall–Kier alpha value is -0.290. The Bertz CT molecular complexity index is 744. The fraction of sp³-hybridized carbons (Fsp3) is 0.914. The van der Waals surface area contributed by atoms with Gasteiger partial charge in [0.05, 0.1) is 29.8 Å². The zero-order chi connectivity index (χ0) is 29.3. The zero-order valence-corrected chi connectivity index (χ0v) is 27.8. The lowest BCUT2D eigenvalue weighted by Gasteiger charge is -2.22. The van der Waals surface area contributed by atoms with E-state index in [1.54, 1.807) is 0 Å². The van der Waals surface area contributed by atoms with Crippen molar-refractivity contribution in [3.63, 3.8) is 0 Å². The van der Waals surface area contributed by atoms with Crippen LogP contribution in [0.3, 0.4) is 0 Å². The minimum atomic E-state index is -0.199. The van der Waals surface area contributed by atoms with E-state index in [1.807, 2.05) is 13.0 Å². The second-order valence-corrected chi connectivity index (χ2v) is 14.3. The summed E-state index contributed by atoms with van der Waals surface area (Å²) < 4.78 is 18.0. The van der Waals surface area contributed by atoms with Crippen LogP contribution < -0.4 is 0 Å². The van der Waals surface area contributed by atoms with Crippen molar-refractivity contribution in [2.45, 2.75) is 203 Å². The maximum absolute atomic E-state index is 11.8. The van der Waals surface area contributed by atoms with E-state index in [1.165, 1.54) is 83.5 Å². The molecule has 0 aromatic heterocycles. The van der Waals surface area contributed by atoms with Crippen molar-refractivity contribution in [2.75, 3.05) is 0 Å². The fourth-order valence-corrected chi connectivity index (χ4v) is 7.51. The molecule has 3 rings (SSSR count). The summed E-state index contributed by atoms with van der Waals surface area (Å²) in [4.78, 5) is 11.8. The summed E-state index contributed by atoms with van der Waals surface area (Å²) in [6.45, 7) is 4.17. The van der Waals surface area contributed by atoms with Gasteiger partial charge < -0.3 is 14.2 Å². The number of rotatable bonds is 23. The number of hydrogen-bond acceptors (Lipinski definition) is 4. The SMILES string of the molecule is CCCCCCCCCCCCCCC(Cl)C1CCC([C@@H]2CC[C@@H](CCCCC[C@H](Cl)CC3=C[C@H](C)OC3=O)O2)O1. The van der Waals surface area contributed by atoms with Gasteiger partial charge in [-0.1, -0.05) is 103 Å². The molecule has 4 nitrogen and oxygen atoms in total. The van der Waals surface area contributed by atoms with Gasteiger partial charge in [-0.15, -0.1) is 23.2 Å². The summed E-state index contributed by atoms with van der Waals surface area (Å²) in [5.41, 5.74) is 0.740. The van der Waals surface area contributed by atoms with Crippen LogP contribution >= 0.6 is 23.2 Å². The minimum Gasteiger partial charge on any atom is -0.455 e. The molecule has 2 fully saturated rings. The molecule has 3 aliphatic rings. The molecular weight excluding hydrogens is 555 g/mol. The second kappa shape index (κ2) is 20.6. The number of halogens is 2. The summed E-state index contributed by atoms with van der Waals surface area (Å²) in [7, 11) is 0. The average molecular weight is 616 g/mol. The highest BCUT2D eigenvalue weighted by Gasteiger charge is 2.39. The zero-order valence-electron chi connectivity index (χ0n) is 26.3. The molecule has 0 amide bonds. The topological polar surface area (TPSA) is 44.8 Å². The van der Waals surface area contributed by atoms with Crippen LogP contribution in [0.5, 0.6) is 0 Å². The molecule has 41 heavy (non-hydrogen) atoms. The van der Waals surface area contributed by atoms with Crippen molar-refractivity contribution in [3.8, 4) is 0 Å². The lowest BCUT2D eigenvalue weighted by Crippen LogP contribution is -2.29. The monoisotopic (exact) mass is 614 g/mol. The standard InChI is InChI=1S/C35H60Cl2O4/c1-3-4-5-6-7-8-9-10-11-12-13-17-20-31(37)32-23-24-34(41-32)33-22-21-30(40-33)19-16-14-15-18-29(36)26-28-25-27(2)39-35(28)38/h25,27,29-34H,3-24,26H2,1-2H3/t27-,29-,30+,31?,32?,33-,34?/m0/s1. The van der Waals surface area contributed by atoms with Gasteiger partial charge in [-0.2, -0.15) is 0 Å².